The number of aryl methyl sites for hydroxylation is 1. The van der Waals surface area contributed by atoms with Gasteiger partial charge in [-0.25, -0.2) is 12.1 Å². The third-order valence-corrected chi connectivity index (χ3v) is 3.62. The van der Waals surface area contributed by atoms with Gasteiger partial charge >= 0.3 is 17.1 Å². The van der Waals surface area contributed by atoms with E-state index in [2.05, 4.69) is 0 Å². The first kappa shape index (κ1) is 20.0. The van der Waals surface area contributed by atoms with Crippen molar-refractivity contribution >= 4 is 17.4 Å². The van der Waals surface area contributed by atoms with Crippen LogP contribution in [0.1, 0.15) is 11.1 Å². The van der Waals surface area contributed by atoms with Gasteiger partial charge < -0.3 is 10.2 Å². The number of benzene rings is 1. The van der Waals surface area contributed by atoms with Crippen LogP contribution in [0.5, 0.6) is 5.75 Å². The number of phenolic OH excluding ortho intramolecular Hbond substituents is 1. The summed E-state index contributed by atoms with van der Waals surface area (Å²) in [5.41, 5.74) is 1.90. The first-order valence-electron chi connectivity index (χ1n) is 7.18. The summed E-state index contributed by atoms with van der Waals surface area (Å²) in [6, 6.07) is 13.0. The summed E-state index contributed by atoms with van der Waals surface area (Å²) in [7, 11) is 0. The van der Waals surface area contributed by atoms with Crippen LogP contribution in [0.15, 0.2) is 84.5 Å². The summed E-state index contributed by atoms with van der Waals surface area (Å²) >= 11 is 5.94. The molecule has 0 atom stereocenters. The van der Waals surface area contributed by atoms with Crippen molar-refractivity contribution in [2.75, 3.05) is 0 Å². The molecule has 0 heterocycles. The normalized spacial score (nSPS) is 12.4. The molecule has 0 spiro atoms. The zero-order valence-electron chi connectivity index (χ0n) is 13.1. The third kappa shape index (κ3) is 5.86. The van der Waals surface area contributed by atoms with Crippen molar-refractivity contribution in [1.82, 2.24) is 0 Å². The van der Waals surface area contributed by atoms with Crippen molar-refractivity contribution in [3.63, 3.8) is 0 Å². The number of halogens is 1. The van der Waals surface area contributed by atoms with Crippen molar-refractivity contribution in [2.45, 2.75) is 6.92 Å². The summed E-state index contributed by atoms with van der Waals surface area (Å²) in [5, 5.41) is 22.1. The number of phenols is 1. The van der Waals surface area contributed by atoms with E-state index < -0.39 is 0 Å². The molecule has 0 saturated carbocycles. The van der Waals surface area contributed by atoms with Gasteiger partial charge in [-0.1, -0.05) is 53.8 Å². The number of hydrogen-bond donors (Lipinski definition) is 1. The molecule has 1 N–H and O–H groups in total. The van der Waals surface area contributed by atoms with E-state index in [9.17, 15) is 10.2 Å². The Hall–Kier alpha value is -2.06. The van der Waals surface area contributed by atoms with Crippen LogP contribution >= 0.6 is 11.6 Å². The largest absolute Gasteiger partial charge is 2.00 e. The minimum absolute atomic E-state index is 0. The average molecular weight is 381 g/mol. The molecule has 0 aliphatic heterocycles. The fourth-order valence-corrected chi connectivity index (χ4v) is 2.11. The van der Waals surface area contributed by atoms with Crippen LogP contribution in [-0.4, -0.2) is 5.11 Å². The molecule has 0 unspecified atom stereocenters. The van der Waals surface area contributed by atoms with Gasteiger partial charge in [0.15, 0.2) is 0 Å². The van der Waals surface area contributed by atoms with Gasteiger partial charge in [-0.15, -0.1) is 0 Å². The van der Waals surface area contributed by atoms with Crippen molar-refractivity contribution in [2.24, 2.45) is 0 Å². The van der Waals surface area contributed by atoms with Crippen LogP contribution in [0.4, 0.5) is 0 Å². The number of aromatic hydroxyl groups is 1. The Bertz CT molecular complexity index is 738. The molecule has 2 aromatic carbocycles. The number of hydrogen-bond acceptors (Lipinski definition) is 2. The quantitative estimate of drug-likeness (QED) is 0.473. The number of allylic oxidation sites excluding steroid dienone is 7. The summed E-state index contributed by atoms with van der Waals surface area (Å²) in [4.78, 5) is 0. The molecule has 0 amide bonds. The second-order valence-electron chi connectivity index (χ2n) is 5.00. The molecule has 0 aromatic heterocycles. The van der Waals surface area contributed by atoms with E-state index in [0.717, 1.165) is 11.1 Å². The predicted molar refractivity (Wildman–Crippen MR) is 94.2 cm³/mol. The number of rotatable bonds is 2. The molecule has 4 heteroatoms. The van der Waals surface area contributed by atoms with Crippen LogP contribution in [0.2, 0.25) is 5.02 Å². The molecule has 2 nitrogen and oxygen atoms in total. The molecule has 3 rings (SSSR count). The van der Waals surface area contributed by atoms with Crippen LogP contribution in [-0.2, 0) is 17.1 Å². The van der Waals surface area contributed by atoms with E-state index in [1.165, 1.54) is 18.2 Å². The van der Waals surface area contributed by atoms with Gasteiger partial charge in [0, 0.05) is 10.6 Å². The van der Waals surface area contributed by atoms with E-state index in [4.69, 9.17) is 11.6 Å². The smallest absolute Gasteiger partial charge is 0.872 e. The van der Waals surface area contributed by atoms with E-state index in [1.54, 1.807) is 13.0 Å². The Kier molecular flexibility index (Phi) is 8.28. The Balaban J connectivity index is 0.000000412. The molecule has 1 aliphatic carbocycles. The maximum absolute atomic E-state index is 11.9. The molecule has 24 heavy (non-hydrogen) atoms. The SMILES string of the molecule is Cc1cc(O)c(C([O-])=CC=C2C=CC=C2)cc1Cl.[Fe+2].c1cc[cH-]c1. The van der Waals surface area contributed by atoms with Gasteiger partial charge in [0.2, 0.25) is 0 Å². The van der Waals surface area contributed by atoms with E-state index in [-0.39, 0.29) is 34.1 Å². The summed E-state index contributed by atoms with van der Waals surface area (Å²) < 4.78 is 0. The van der Waals surface area contributed by atoms with Gasteiger partial charge in [-0.2, -0.15) is 18.2 Å². The van der Waals surface area contributed by atoms with E-state index in [0.29, 0.717) is 5.02 Å². The first-order valence-corrected chi connectivity index (χ1v) is 7.55. The van der Waals surface area contributed by atoms with Crippen LogP contribution in [0.3, 0.4) is 0 Å². The molecule has 124 valence electrons. The van der Waals surface area contributed by atoms with E-state index in [1.807, 2.05) is 54.6 Å². The van der Waals surface area contributed by atoms with E-state index >= 15 is 0 Å². The molecular formula is C20H17ClFeO2. The minimum atomic E-state index is -0.268. The standard InChI is InChI=1S/C15H13ClO2.C5H5.Fe/c1-10-8-15(18)12(9-13(10)16)14(17)7-6-11-4-2-3-5-11;1-2-4-5-3-1;/h2-9,17-18H,1H3;1-5H;/q;-1;+2/p-1. The van der Waals surface area contributed by atoms with Crippen molar-refractivity contribution in [3.8, 4) is 5.75 Å². The monoisotopic (exact) mass is 380 g/mol. The second-order valence-corrected chi connectivity index (χ2v) is 5.40. The fraction of sp³-hybridized carbons (Fsp3) is 0.0500. The third-order valence-electron chi connectivity index (χ3n) is 3.21. The summed E-state index contributed by atoms with van der Waals surface area (Å²) in [6.07, 6.45) is 10.7. The van der Waals surface area contributed by atoms with Crippen LogP contribution in [0.25, 0.3) is 5.76 Å². The van der Waals surface area contributed by atoms with Crippen molar-refractivity contribution < 1.29 is 27.3 Å². The maximum Gasteiger partial charge on any atom is 2.00 e. The molecule has 2 aromatic rings. The summed E-state index contributed by atoms with van der Waals surface area (Å²) in [5.74, 6) is -0.315. The second kappa shape index (κ2) is 9.94. The molecular weight excluding hydrogens is 364 g/mol. The van der Waals surface area contributed by atoms with Crippen LogP contribution in [0, 0.1) is 6.92 Å². The van der Waals surface area contributed by atoms with Crippen LogP contribution < -0.4 is 5.11 Å². The van der Waals surface area contributed by atoms with Gasteiger partial charge in [0.05, 0.1) is 0 Å². The Morgan fingerprint density at radius 2 is 1.79 bits per heavy atom. The zero-order valence-corrected chi connectivity index (χ0v) is 15.0. The van der Waals surface area contributed by atoms with Crippen molar-refractivity contribution in [3.05, 3.63) is 101 Å². The molecule has 0 bridgehead atoms. The molecule has 0 radical (unpaired) electrons. The van der Waals surface area contributed by atoms with Crippen molar-refractivity contribution in [1.29, 1.82) is 0 Å². The van der Waals surface area contributed by atoms with Gasteiger partial charge in [-0.3, -0.25) is 0 Å². The Morgan fingerprint density at radius 3 is 2.33 bits per heavy atom. The fourth-order valence-electron chi connectivity index (χ4n) is 1.95. The first-order chi connectivity index (χ1) is 11.1. The molecule has 0 saturated heterocycles. The zero-order chi connectivity index (χ0) is 16.7. The topological polar surface area (TPSA) is 43.3 Å². The molecule has 1 aliphatic rings. The van der Waals surface area contributed by atoms with Gasteiger partial charge in [0.25, 0.3) is 0 Å². The van der Waals surface area contributed by atoms with Gasteiger partial charge in [0.1, 0.15) is 5.75 Å². The summed E-state index contributed by atoms with van der Waals surface area (Å²) in [6.45, 7) is 1.77. The minimum Gasteiger partial charge on any atom is -0.872 e. The van der Waals surface area contributed by atoms with Gasteiger partial charge in [-0.05, 0) is 30.2 Å². The average Bonchev–Trinajstić information content (AvgIpc) is 3.24. The predicted octanol–water partition coefficient (Wildman–Crippen LogP) is 4.51. The maximum atomic E-state index is 11.9. The molecule has 0 fully saturated rings. The Morgan fingerprint density at radius 1 is 1.17 bits per heavy atom. The Labute approximate surface area is 157 Å².